The van der Waals surface area contributed by atoms with Crippen LogP contribution in [0.4, 0.5) is 0 Å². The first-order chi connectivity index (χ1) is 32.4. The van der Waals surface area contributed by atoms with Gasteiger partial charge in [0.15, 0.2) is 0 Å². The minimum absolute atomic E-state index is 0.0579. The van der Waals surface area contributed by atoms with Gasteiger partial charge in [-0.2, -0.15) is 0 Å². The quantitative estimate of drug-likeness (QED) is 0.0272. The van der Waals surface area contributed by atoms with Crippen LogP contribution in [0.5, 0.6) is 0 Å². The van der Waals surface area contributed by atoms with E-state index in [2.05, 4.69) is 42.5 Å². The van der Waals surface area contributed by atoms with E-state index in [0.717, 1.165) is 0 Å². The predicted octanol–water partition coefficient (Wildman–Crippen LogP) is -9.89. The first-order valence-electron chi connectivity index (χ1n) is 21.3. The van der Waals surface area contributed by atoms with Crippen molar-refractivity contribution < 1.29 is 87.5 Å². The molecule has 12 amide bonds. The van der Waals surface area contributed by atoms with Crippen LogP contribution in [-0.4, -0.2) is 184 Å². The lowest BCUT2D eigenvalue weighted by molar-refractivity contribution is -0.144. The Hall–Kier alpha value is -7.54. The van der Waals surface area contributed by atoms with E-state index in [9.17, 15) is 77.3 Å². The number of rotatable bonds is 33. The van der Waals surface area contributed by atoms with Crippen LogP contribution in [0, 0.1) is 0 Å². The number of aliphatic carboxylic acids is 2. The van der Waals surface area contributed by atoms with Crippen molar-refractivity contribution in [3.63, 3.8) is 0 Å². The fourth-order valence-corrected chi connectivity index (χ4v) is 6.00. The minimum Gasteiger partial charge on any atom is -0.481 e. The van der Waals surface area contributed by atoms with E-state index in [4.69, 9.17) is 27.4 Å². The highest BCUT2D eigenvalue weighted by Crippen LogP contribution is 2.09. The van der Waals surface area contributed by atoms with Crippen LogP contribution in [-0.2, 0) is 67.1 Å². The van der Waals surface area contributed by atoms with Gasteiger partial charge in [0.05, 0.1) is 32.7 Å². The van der Waals surface area contributed by atoms with Crippen molar-refractivity contribution >= 4 is 82.8 Å². The van der Waals surface area contributed by atoms with Gasteiger partial charge in [-0.15, -0.1) is 0 Å². The lowest BCUT2D eigenvalue weighted by Crippen LogP contribution is -2.59. The topological polar surface area (TPSA) is 518 Å². The van der Waals surface area contributed by atoms with Gasteiger partial charge in [0, 0.05) is 19.3 Å². The van der Waals surface area contributed by atoms with Gasteiger partial charge in [-0.1, -0.05) is 0 Å². The zero-order valence-electron chi connectivity index (χ0n) is 37.5. The monoisotopic (exact) mass is 987 g/mol. The minimum atomic E-state index is -1.81. The molecule has 69 heavy (non-hydrogen) atoms. The summed E-state index contributed by atoms with van der Waals surface area (Å²) in [4.78, 5) is 173. The second kappa shape index (κ2) is 30.7. The number of carboxylic acids is 2. The van der Waals surface area contributed by atoms with Gasteiger partial charge in [-0.05, 0) is 52.0 Å². The van der Waals surface area contributed by atoms with Gasteiger partial charge in [0.25, 0.3) is 0 Å². The van der Waals surface area contributed by atoms with Crippen LogP contribution in [0.2, 0.25) is 0 Å². The summed E-state index contributed by atoms with van der Waals surface area (Å²) in [5.41, 5.74) is 15.7. The number of nitrogens with one attached hydrogen (secondary N) is 10. The Labute approximate surface area is 392 Å². The van der Waals surface area contributed by atoms with Gasteiger partial charge in [-0.25, -0.2) is 4.79 Å². The molecule has 1 heterocycles. The Morgan fingerprint density at radius 1 is 0.594 bits per heavy atom. The maximum atomic E-state index is 13.5. The van der Waals surface area contributed by atoms with Crippen molar-refractivity contribution in [2.45, 2.75) is 119 Å². The molecule has 1 fully saturated rings. The first kappa shape index (κ1) is 59.5. The van der Waals surface area contributed by atoms with Crippen molar-refractivity contribution in [2.24, 2.45) is 17.2 Å². The second-order valence-corrected chi connectivity index (χ2v) is 15.4. The highest BCUT2D eigenvalue weighted by atomic mass is 16.4. The van der Waals surface area contributed by atoms with E-state index >= 15 is 0 Å². The number of aliphatic hydroxyl groups is 2. The molecule has 1 saturated heterocycles. The fraction of sp³-hybridized carbons (Fsp3) is 0.632. The van der Waals surface area contributed by atoms with Crippen molar-refractivity contribution in [3.8, 4) is 0 Å². The average Bonchev–Trinajstić information content (AvgIpc) is 3.73. The van der Waals surface area contributed by atoms with Crippen molar-refractivity contribution in [2.75, 3.05) is 32.8 Å². The number of hydrogen-bond donors (Lipinski definition) is 17. The van der Waals surface area contributed by atoms with E-state index in [1.165, 1.54) is 6.92 Å². The van der Waals surface area contributed by atoms with E-state index in [1.807, 2.05) is 10.6 Å². The molecule has 0 bridgehead atoms. The smallest absolute Gasteiger partial charge is 0.326 e. The van der Waals surface area contributed by atoms with E-state index in [1.54, 1.807) is 0 Å². The molecule has 31 heteroatoms. The summed E-state index contributed by atoms with van der Waals surface area (Å²) >= 11 is 0. The fourth-order valence-electron chi connectivity index (χ4n) is 6.00. The number of nitrogens with two attached hydrogens (primary N) is 3. The Balaban J connectivity index is 2.97. The molecule has 0 aromatic heterocycles. The third-order valence-electron chi connectivity index (χ3n) is 9.78. The van der Waals surface area contributed by atoms with Gasteiger partial charge in [0.2, 0.25) is 70.9 Å². The van der Waals surface area contributed by atoms with Gasteiger partial charge < -0.3 is 90.8 Å². The number of carboxylic acid groups (broad SMARTS) is 2. The lowest BCUT2D eigenvalue weighted by Gasteiger charge is -2.26. The molecular formula is C38H61N13O18. The Bertz CT molecular complexity index is 1920. The molecule has 386 valence electrons. The summed E-state index contributed by atoms with van der Waals surface area (Å²) < 4.78 is 0. The van der Waals surface area contributed by atoms with Gasteiger partial charge in [0.1, 0.15) is 48.3 Å². The summed E-state index contributed by atoms with van der Waals surface area (Å²) in [6.45, 7) is -2.42. The number of carbonyl (C=O) groups is 14. The van der Waals surface area contributed by atoms with Gasteiger partial charge in [-0.3, -0.25) is 62.3 Å². The average molecular weight is 988 g/mol. The van der Waals surface area contributed by atoms with Crippen LogP contribution in [0.25, 0.3) is 0 Å². The van der Waals surface area contributed by atoms with Crippen LogP contribution in [0.15, 0.2) is 0 Å². The second-order valence-electron chi connectivity index (χ2n) is 15.4. The molecule has 0 saturated carbocycles. The Kier molecular flexibility index (Phi) is 26.5. The highest BCUT2D eigenvalue weighted by molar-refractivity contribution is 5.98. The lowest BCUT2D eigenvalue weighted by atomic mass is 10.1. The molecule has 0 aromatic carbocycles. The molecule has 0 aliphatic carbocycles. The third-order valence-corrected chi connectivity index (χ3v) is 9.78. The molecular weight excluding hydrogens is 926 g/mol. The van der Waals surface area contributed by atoms with Crippen molar-refractivity contribution in [1.82, 2.24) is 53.2 Å². The van der Waals surface area contributed by atoms with E-state index in [0.29, 0.717) is 6.42 Å². The predicted molar refractivity (Wildman–Crippen MR) is 230 cm³/mol. The molecule has 8 atom stereocenters. The summed E-state index contributed by atoms with van der Waals surface area (Å²) in [5.74, 6) is -14.6. The van der Waals surface area contributed by atoms with Crippen LogP contribution >= 0.6 is 0 Å². The molecule has 0 spiro atoms. The molecule has 1 aliphatic heterocycles. The van der Waals surface area contributed by atoms with E-state index in [-0.39, 0.29) is 32.2 Å². The molecule has 1 rings (SSSR count). The zero-order valence-corrected chi connectivity index (χ0v) is 37.5. The molecule has 0 aromatic rings. The van der Waals surface area contributed by atoms with Crippen molar-refractivity contribution in [1.29, 1.82) is 0 Å². The normalized spacial score (nSPS) is 15.9. The third kappa shape index (κ3) is 23.2. The zero-order chi connectivity index (χ0) is 52.4. The van der Waals surface area contributed by atoms with Crippen molar-refractivity contribution in [3.05, 3.63) is 0 Å². The summed E-state index contributed by atoms with van der Waals surface area (Å²) in [7, 11) is 0. The summed E-state index contributed by atoms with van der Waals surface area (Å²) in [5, 5.41) is 60.0. The maximum absolute atomic E-state index is 13.5. The van der Waals surface area contributed by atoms with Crippen LogP contribution in [0.3, 0.4) is 0 Å². The number of carbonyl (C=O) groups excluding carboxylic acids is 12. The maximum Gasteiger partial charge on any atom is 0.326 e. The number of aliphatic hydroxyl groups excluding tert-OH is 2. The molecule has 0 radical (unpaired) electrons. The molecule has 0 unspecified atom stereocenters. The molecule has 20 N–H and O–H groups in total. The number of primary amides is 2. The SMILES string of the molecule is C[C@H](NC(=O)[C@H](CCC(=O)O)NC(=O)[C@@H]1CCC(=O)N1)C(=O)N[C@@H](CCCCN)C(=O)N[C@@H](CO)C(=O)N[C@@H](CCC(N)=O)C(=O)NCC(=O)NCC(=O)N[C@@H](CO)C(=O)N[C@@H](CC(N)=O)C(=O)O. The number of hydrogen-bond acceptors (Lipinski definition) is 17. The van der Waals surface area contributed by atoms with Crippen LogP contribution in [0.1, 0.15) is 71.1 Å². The van der Waals surface area contributed by atoms with E-state index < -0.39 is 190 Å². The first-order valence-corrected chi connectivity index (χ1v) is 21.3. The Morgan fingerprint density at radius 3 is 1.64 bits per heavy atom. The highest BCUT2D eigenvalue weighted by Gasteiger charge is 2.34. The van der Waals surface area contributed by atoms with Crippen LogP contribution < -0.4 is 70.4 Å². The van der Waals surface area contributed by atoms with Gasteiger partial charge >= 0.3 is 11.9 Å². The Morgan fingerprint density at radius 2 is 1.10 bits per heavy atom. The summed E-state index contributed by atoms with van der Waals surface area (Å²) in [6.07, 6.45) is -1.99. The molecule has 1 aliphatic rings. The molecule has 31 nitrogen and oxygen atoms in total. The summed E-state index contributed by atoms with van der Waals surface area (Å²) in [6, 6.07) is -12.2. The number of amides is 12. The largest absolute Gasteiger partial charge is 0.481 e. The standard InChI is InChI=1S/C38H61N13O18/c1-17(44-33(63)21(7-10-30(59)60)49-35(65)20-6-9-27(56)45-20)31(61)47-18(4-2-3-11-39)34(64)51-24(16-53)37(67)48-19(5-8-25(40)54)32(62)43-13-28(57)42-14-29(58)46-23(15-52)36(66)50-22(38(68)69)12-26(41)55/h17-24,52-53H,2-16,39H2,1H3,(H2,40,54)(H2,41,55)(H,42,57)(H,43,62)(H,44,63)(H,45,56)(H,46,58)(H,47,61)(H,48,67)(H,49,65)(H,50,66)(H,51,64)(H,59,60)(H,68,69)/t17-,18-,19-,20-,21-,22-,23-,24-/m0/s1. The number of unbranched alkanes of at least 4 members (excludes halogenated alkanes) is 1.